The van der Waals surface area contributed by atoms with Gasteiger partial charge in [0, 0.05) is 26.7 Å². The number of ether oxygens (including phenoxy) is 1. The standard InChI is InChI=1S/C14H30N2O4S/c1-14(17,6-7-15-8-10-20-2)11-13-5-4-9-16(12-13)21(3,18)19/h13,15,17H,4-12H2,1-3H3. The molecule has 7 heteroatoms. The van der Waals surface area contributed by atoms with Gasteiger partial charge in [-0.25, -0.2) is 12.7 Å². The fourth-order valence-corrected chi connectivity index (χ4v) is 3.82. The molecule has 1 saturated heterocycles. The molecular formula is C14H30N2O4S. The Morgan fingerprint density at radius 1 is 1.43 bits per heavy atom. The van der Waals surface area contributed by atoms with Crippen LogP contribution in [0, 0.1) is 5.92 Å². The van der Waals surface area contributed by atoms with E-state index in [0.717, 1.165) is 25.9 Å². The summed E-state index contributed by atoms with van der Waals surface area (Å²) in [6.07, 6.45) is 4.42. The van der Waals surface area contributed by atoms with Gasteiger partial charge in [0.15, 0.2) is 0 Å². The Bertz CT molecular complexity index is 398. The van der Waals surface area contributed by atoms with Crippen molar-refractivity contribution in [2.24, 2.45) is 5.92 Å². The van der Waals surface area contributed by atoms with Crippen molar-refractivity contribution in [2.75, 3.05) is 46.2 Å². The maximum atomic E-state index is 11.6. The molecule has 2 atom stereocenters. The van der Waals surface area contributed by atoms with Crippen molar-refractivity contribution in [1.29, 1.82) is 0 Å². The third-order valence-electron chi connectivity index (χ3n) is 4.00. The second kappa shape index (κ2) is 8.43. The first-order valence-corrected chi connectivity index (χ1v) is 9.46. The minimum absolute atomic E-state index is 0.238. The van der Waals surface area contributed by atoms with Crippen molar-refractivity contribution in [3.63, 3.8) is 0 Å². The minimum atomic E-state index is -3.12. The van der Waals surface area contributed by atoms with Gasteiger partial charge in [-0.1, -0.05) is 0 Å². The highest BCUT2D eigenvalue weighted by Crippen LogP contribution is 2.28. The average Bonchev–Trinajstić information content (AvgIpc) is 2.37. The molecule has 0 spiro atoms. The van der Waals surface area contributed by atoms with Gasteiger partial charge in [-0.05, 0) is 45.1 Å². The lowest BCUT2D eigenvalue weighted by atomic mass is 9.85. The Morgan fingerprint density at radius 2 is 2.14 bits per heavy atom. The van der Waals surface area contributed by atoms with Crippen molar-refractivity contribution in [1.82, 2.24) is 9.62 Å². The van der Waals surface area contributed by atoms with Crippen LogP contribution >= 0.6 is 0 Å². The molecule has 6 nitrogen and oxygen atoms in total. The molecule has 0 amide bonds. The first kappa shape index (κ1) is 18.8. The monoisotopic (exact) mass is 322 g/mol. The number of methoxy groups -OCH3 is 1. The summed E-state index contributed by atoms with van der Waals surface area (Å²) < 4.78 is 29.7. The van der Waals surface area contributed by atoms with Crippen LogP contribution in [0.3, 0.4) is 0 Å². The first-order chi connectivity index (χ1) is 9.74. The lowest BCUT2D eigenvalue weighted by Gasteiger charge is -2.35. The number of hydrogen-bond donors (Lipinski definition) is 2. The van der Waals surface area contributed by atoms with Crippen LogP contribution in [0.15, 0.2) is 0 Å². The molecule has 0 aromatic heterocycles. The quantitative estimate of drug-likeness (QED) is 0.602. The molecule has 0 bridgehead atoms. The van der Waals surface area contributed by atoms with Crippen LogP contribution in [-0.2, 0) is 14.8 Å². The van der Waals surface area contributed by atoms with Gasteiger partial charge in [0.1, 0.15) is 0 Å². The smallest absolute Gasteiger partial charge is 0.211 e. The van der Waals surface area contributed by atoms with Crippen LogP contribution in [0.4, 0.5) is 0 Å². The van der Waals surface area contributed by atoms with Gasteiger partial charge in [-0.2, -0.15) is 0 Å². The second-order valence-electron chi connectivity index (χ2n) is 6.32. The molecule has 1 heterocycles. The molecule has 0 aromatic rings. The molecule has 1 aliphatic heterocycles. The van der Waals surface area contributed by atoms with Crippen LogP contribution in [0.5, 0.6) is 0 Å². The van der Waals surface area contributed by atoms with E-state index in [1.807, 2.05) is 6.92 Å². The summed E-state index contributed by atoms with van der Waals surface area (Å²) in [5.74, 6) is 0.238. The molecule has 2 N–H and O–H groups in total. The maximum Gasteiger partial charge on any atom is 0.211 e. The van der Waals surface area contributed by atoms with Gasteiger partial charge in [-0.15, -0.1) is 0 Å². The molecule has 126 valence electrons. The largest absolute Gasteiger partial charge is 0.390 e. The molecule has 0 aromatic carbocycles. The number of nitrogens with zero attached hydrogens (tertiary/aromatic N) is 1. The Kier molecular flexibility index (Phi) is 7.56. The number of piperidine rings is 1. The Morgan fingerprint density at radius 3 is 2.76 bits per heavy atom. The Labute approximate surface area is 128 Å². The summed E-state index contributed by atoms with van der Waals surface area (Å²) in [5, 5.41) is 13.7. The minimum Gasteiger partial charge on any atom is -0.390 e. The predicted molar refractivity (Wildman–Crippen MR) is 83.7 cm³/mol. The molecule has 1 rings (SSSR count). The van der Waals surface area contributed by atoms with Gasteiger partial charge in [0.05, 0.1) is 18.5 Å². The van der Waals surface area contributed by atoms with Crippen molar-refractivity contribution >= 4 is 10.0 Å². The van der Waals surface area contributed by atoms with E-state index in [0.29, 0.717) is 32.5 Å². The molecule has 2 unspecified atom stereocenters. The molecule has 0 radical (unpaired) electrons. The number of sulfonamides is 1. The number of nitrogens with one attached hydrogen (secondary N) is 1. The summed E-state index contributed by atoms with van der Waals surface area (Å²) in [6.45, 7) is 5.15. The number of hydrogen-bond acceptors (Lipinski definition) is 5. The van der Waals surface area contributed by atoms with E-state index < -0.39 is 15.6 Å². The van der Waals surface area contributed by atoms with Gasteiger partial charge in [0.2, 0.25) is 10.0 Å². The van der Waals surface area contributed by atoms with E-state index in [9.17, 15) is 13.5 Å². The van der Waals surface area contributed by atoms with Gasteiger partial charge in [0.25, 0.3) is 0 Å². The first-order valence-electron chi connectivity index (χ1n) is 7.62. The summed E-state index contributed by atoms with van der Waals surface area (Å²) in [5.41, 5.74) is -0.759. The summed E-state index contributed by atoms with van der Waals surface area (Å²) in [4.78, 5) is 0. The van der Waals surface area contributed by atoms with Gasteiger partial charge < -0.3 is 15.2 Å². The third-order valence-corrected chi connectivity index (χ3v) is 5.27. The average molecular weight is 322 g/mol. The van der Waals surface area contributed by atoms with E-state index in [4.69, 9.17) is 4.74 Å². The van der Waals surface area contributed by atoms with Crippen LogP contribution in [0.1, 0.15) is 32.6 Å². The van der Waals surface area contributed by atoms with E-state index in [1.165, 1.54) is 10.6 Å². The fraction of sp³-hybridized carbons (Fsp3) is 1.00. The van der Waals surface area contributed by atoms with E-state index in [1.54, 1.807) is 7.11 Å². The van der Waals surface area contributed by atoms with Gasteiger partial charge >= 0.3 is 0 Å². The lowest BCUT2D eigenvalue weighted by molar-refractivity contribution is 0.0173. The van der Waals surface area contributed by atoms with Crippen molar-refractivity contribution in [3.05, 3.63) is 0 Å². The van der Waals surface area contributed by atoms with E-state index in [-0.39, 0.29) is 5.92 Å². The SMILES string of the molecule is COCCNCCC(C)(O)CC1CCCN(S(C)(=O)=O)C1. The van der Waals surface area contributed by atoms with Crippen LogP contribution in [0.2, 0.25) is 0 Å². The molecule has 1 fully saturated rings. The zero-order valence-electron chi connectivity index (χ0n) is 13.5. The Balaban J connectivity index is 2.36. The normalized spacial score (nSPS) is 23.9. The Hall–Kier alpha value is -0.210. The highest BCUT2D eigenvalue weighted by Gasteiger charge is 2.31. The number of rotatable bonds is 9. The third kappa shape index (κ3) is 7.56. The molecular weight excluding hydrogens is 292 g/mol. The fourth-order valence-electron chi connectivity index (χ4n) is 2.88. The molecule has 0 aliphatic carbocycles. The highest BCUT2D eigenvalue weighted by molar-refractivity contribution is 7.88. The summed E-state index contributed by atoms with van der Waals surface area (Å²) >= 11 is 0. The van der Waals surface area contributed by atoms with Crippen LogP contribution < -0.4 is 5.32 Å². The summed E-state index contributed by atoms with van der Waals surface area (Å²) in [6, 6.07) is 0. The van der Waals surface area contributed by atoms with Gasteiger partial charge in [-0.3, -0.25) is 0 Å². The number of aliphatic hydroxyl groups is 1. The van der Waals surface area contributed by atoms with E-state index >= 15 is 0 Å². The zero-order chi connectivity index (χ0) is 15.9. The molecule has 21 heavy (non-hydrogen) atoms. The van der Waals surface area contributed by atoms with Crippen LogP contribution in [-0.4, -0.2) is 69.6 Å². The van der Waals surface area contributed by atoms with Crippen molar-refractivity contribution in [3.8, 4) is 0 Å². The second-order valence-corrected chi connectivity index (χ2v) is 8.31. The van der Waals surface area contributed by atoms with Crippen molar-refractivity contribution < 1.29 is 18.3 Å². The van der Waals surface area contributed by atoms with Crippen LogP contribution in [0.25, 0.3) is 0 Å². The highest BCUT2D eigenvalue weighted by atomic mass is 32.2. The zero-order valence-corrected chi connectivity index (χ0v) is 14.3. The van der Waals surface area contributed by atoms with E-state index in [2.05, 4.69) is 5.32 Å². The lowest BCUT2D eigenvalue weighted by Crippen LogP contribution is -2.42. The predicted octanol–water partition coefficient (Wildman–Crippen LogP) is 0.425. The molecule has 1 aliphatic rings. The van der Waals surface area contributed by atoms with Crippen molar-refractivity contribution in [2.45, 2.75) is 38.2 Å². The summed E-state index contributed by atoms with van der Waals surface area (Å²) in [7, 11) is -1.45. The topological polar surface area (TPSA) is 78.9 Å². The maximum absolute atomic E-state index is 11.6. The molecule has 0 saturated carbocycles.